The number of aryl methyl sites for hydroxylation is 2. The topological polar surface area (TPSA) is 75.9 Å². The van der Waals surface area contributed by atoms with Crippen molar-refractivity contribution in [3.05, 3.63) is 59.3 Å². The Bertz CT molecular complexity index is 1250. The molecule has 1 N–H and O–H groups in total. The number of amides is 1. The highest BCUT2D eigenvalue weighted by Gasteiger charge is 2.53. The molecule has 0 bridgehead atoms. The van der Waals surface area contributed by atoms with Crippen LogP contribution >= 0.6 is 0 Å². The Kier molecular flexibility index (Phi) is 5.43. The number of alkyl halides is 3. The number of halogens is 3. The van der Waals surface area contributed by atoms with Crippen LogP contribution in [0.2, 0.25) is 0 Å². The molecule has 0 atom stereocenters. The average molecular weight is 470 g/mol. The summed E-state index contributed by atoms with van der Waals surface area (Å²) in [5.74, 6) is -0.250. The van der Waals surface area contributed by atoms with Crippen molar-refractivity contribution < 1.29 is 18.0 Å². The lowest BCUT2D eigenvalue weighted by molar-refractivity contribution is -0.142. The Labute approximate surface area is 195 Å². The number of hydrogen-bond acceptors (Lipinski definition) is 5. The second kappa shape index (κ2) is 8.19. The van der Waals surface area contributed by atoms with E-state index in [9.17, 15) is 18.0 Å². The van der Waals surface area contributed by atoms with Crippen molar-refractivity contribution in [2.24, 2.45) is 0 Å². The smallest absolute Gasteiger partial charge is 0.317 e. The number of nitrogens with one attached hydrogen (secondary N) is 1. The second-order valence-electron chi connectivity index (χ2n) is 8.92. The Morgan fingerprint density at radius 3 is 2.62 bits per heavy atom. The van der Waals surface area contributed by atoms with Crippen molar-refractivity contribution >= 4 is 11.6 Å². The van der Waals surface area contributed by atoms with E-state index in [0.29, 0.717) is 42.9 Å². The van der Waals surface area contributed by atoms with Crippen LogP contribution in [0.5, 0.6) is 0 Å². The summed E-state index contributed by atoms with van der Waals surface area (Å²) in [6, 6.07) is 3.94. The predicted octanol–water partition coefficient (Wildman–Crippen LogP) is 4.01. The first-order valence-electron chi connectivity index (χ1n) is 11.3. The molecular weight excluding hydrogens is 445 g/mol. The molecule has 10 heteroatoms. The number of aromatic nitrogens is 4. The molecule has 5 rings (SSSR count). The monoisotopic (exact) mass is 470 g/mol. The summed E-state index contributed by atoms with van der Waals surface area (Å²) >= 11 is 0. The Morgan fingerprint density at radius 1 is 1.15 bits per heavy atom. The SMILES string of the molecule is CCc1cncc(-c2cc(C)c3c(n2)C2(CCNCC2)N(c2cnn(CC(F)(F)F)c2)C3=O)c1. The Hall–Kier alpha value is -3.27. The fraction of sp³-hybridized carbons (Fsp3) is 0.417. The molecule has 2 aliphatic heterocycles. The van der Waals surface area contributed by atoms with Crippen molar-refractivity contribution in [3.63, 3.8) is 0 Å². The van der Waals surface area contributed by atoms with Gasteiger partial charge in [-0.1, -0.05) is 6.92 Å². The second-order valence-corrected chi connectivity index (χ2v) is 8.92. The molecule has 1 fully saturated rings. The van der Waals surface area contributed by atoms with Crippen molar-refractivity contribution in [1.29, 1.82) is 0 Å². The number of rotatable bonds is 4. The third kappa shape index (κ3) is 3.75. The van der Waals surface area contributed by atoms with Crippen LogP contribution < -0.4 is 10.2 Å². The van der Waals surface area contributed by atoms with E-state index in [-0.39, 0.29) is 5.91 Å². The lowest BCUT2D eigenvalue weighted by atomic mass is 9.83. The van der Waals surface area contributed by atoms with Gasteiger partial charge in [0.25, 0.3) is 5.91 Å². The quantitative estimate of drug-likeness (QED) is 0.624. The molecule has 1 saturated heterocycles. The van der Waals surface area contributed by atoms with E-state index in [1.807, 2.05) is 25.3 Å². The number of fused-ring (bicyclic) bond motifs is 2. The average Bonchev–Trinajstić information content (AvgIpc) is 3.33. The molecule has 7 nitrogen and oxygen atoms in total. The van der Waals surface area contributed by atoms with Crippen LogP contribution in [0.3, 0.4) is 0 Å². The molecule has 34 heavy (non-hydrogen) atoms. The van der Waals surface area contributed by atoms with E-state index < -0.39 is 18.3 Å². The van der Waals surface area contributed by atoms with Crippen LogP contribution in [-0.4, -0.2) is 44.9 Å². The molecule has 0 aromatic carbocycles. The molecule has 3 aromatic rings. The number of anilines is 1. The first kappa shape index (κ1) is 22.5. The van der Waals surface area contributed by atoms with Gasteiger partial charge in [0.15, 0.2) is 0 Å². The number of carbonyl (C=O) groups is 1. The fourth-order valence-corrected chi connectivity index (χ4v) is 5.06. The molecule has 0 unspecified atom stereocenters. The molecule has 2 aliphatic rings. The minimum Gasteiger partial charge on any atom is -0.317 e. The van der Waals surface area contributed by atoms with Gasteiger partial charge in [-0.2, -0.15) is 18.3 Å². The van der Waals surface area contributed by atoms with E-state index in [4.69, 9.17) is 4.98 Å². The molecule has 0 radical (unpaired) electrons. The van der Waals surface area contributed by atoms with Gasteiger partial charge in [0.2, 0.25) is 0 Å². The van der Waals surface area contributed by atoms with Crippen molar-refractivity contribution in [3.8, 4) is 11.3 Å². The van der Waals surface area contributed by atoms with Crippen molar-refractivity contribution in [1.82, 2.24) is 25.1 Å². The maximum absolute atomic E-state index is 13.7. The van der Waals surface area contributed by atoms with Crippen LogP contribution in [0.1, 0.15) is 46.9 Å². The zero-order valence-corrected chi connectivity index (χ0v) is 19.0. The minimum absolute atomic E-state index is 0.250. The molecule has 0 saturated carbocycles. The van der Waals surface area contributed by atoms with E-state index in [2.05, 4.69) is 22.3 Å². The van der Waals surface area contributed by atoms with Crippen LogP contribution in [0.25, 0.3) is 11.3 Å². The summed E-state index contributed by atoms with van der Waals surface area (Å²) in [4.78, 5) is 24.7. The number of nitrogens with zero attached hydrogens (tertiary/aromatic N) is 5. The number of pyridine rings is 2. The zero-order chi connectivity index (χ0) is 24.1. The summed E-state index contributed by atoms with van der Waals surface area (Å²) in [5, 5.41) is 7.21. The van der Waals surface area contributed by atoms with Gasteiger partial charge in [0.05, 0.1) is 34.4 Å². The van der Waals surface area contributed by atoms with Gasteiger partial charge in [0.1, 0.15) is 6.54 Å². The van der Waals surface area contributed by atoms with Crippen molar-refractivity contribution in [2.45, 2.75) is 51.4 Å². The summed E-state index contributed by atoms with van der Waals surface area (Å²) in [6.07, 6.45) is 3.85. The van der Waals surface area contributed by atoms with Gasteiger partial charge in [-0.15, -0.1) is 0 Å². The van der Waals surface area contributed by atoms with Crippen molar-refractivity contribution in [2.75, 3.05) is 18.0 Å². The third-order valence-corrected chi connectivity index (χ3v) is 6.65. The van der Waals surface area contributed by atoms with Gasteiger partial charge < -0.3 is 5.32 Å². The van der Waals surface area contributed by atoms with E-state index >= 15 is 0 Å². The summed E-state index contributed by atoms with van der Waals surface area (Å²) < 4.78 is 39.6. The van der Waals surface area contributed by atoms with Gasteiger partial charge in [-0.25, -0.2) is 4.98 Å². The lowest BCUT2D eigenvalue weighted by Crippen LogP contribution is -2.51. The van der Waals surface area contributed by atoms with Crippen LogP contribution in [0, 0.1) is 6.92 Å². The molecule has 1 spiro atoms. The van der Waals surface area contributed by atoms with Crippen LogP contribution in [-0.2, 0) is 18.5 Å². The zero-order valence-electron chi connectivity index (χ0n) is 19.0. The Balaban J connectivity index is 1.63. The van der Waals surface area contributed by atoms with Gasteiger partial charge in [0, 0.05) is 24.2 Å². The minimum atomic E-state index is -4.40. The summed E-state index contributed by atoms with van der Waals surface area (Å²) in [5.41, 5.74) is 4.29. The largest absolute Gasteiger partial charge is 0.408 e. The standard InChI is InChI=1S/C24H25F3N6O/c1-3-16-9-17(11-29-10-16)19-8-15(2)20-21(31-19)23(4-6-28-7-5-23)33(22(20)34)18-12-30-32(13-18)14-24(25,26)27/h8-13,28H,3-7,14H2,1-2H3. The highest BCUT2D eigenvalue weighted by atomic mass is 19.4. The maximum atomic E-state index is 13.7. The lowest BCUT2D eigenvalue weighted by Gasteiger charge is -2.41. The highest BCUT2D eigenvalue weighted by Crippen LogP contribution is 2.48. The normalized spacial score (nSPS) is 17.4. The summed E-state index contributed by atoms with van der Waals surface area (Å²) in [7, 11) is 0. The number of hydrogen-bond donors (Lipinski definition) is 1. The molecular formula is C24H25F3N6O. The maximum Gasteiger partial charge on any atom is 0.408 e. The van der Waals surface area contributed by atoms with Gasteiger partial charge >= 0.3 is 6.18 Å². The highest BCUT2D eigenvalue weighted by molar-refractivity contribution is 6.12. The Morgan fingerprint density at radius 2 is 1.91 bits per heavy atom. The summed E-state index contributed by atoms with van der Waals surface area (Å²) in [6.45, 7) is 4.06. The predicted molar refractivity (Wildman–Crippen MR) is 120 cm³/mol. The van der Waals surface area contributed by atoms with Gasteiger partial charge in [-0.3, -0.25) is 19.4 Å². The fourth-order valence-electron chi connectivity index (χ4n) is 5.06. The first-order valence-corrected chi connectivity index (χ1v) is 11.3. The molecule has 1 amide bonds. The molecule has 3 aromatic heterocycles. The first-order chi connectivity index (χ1) is 16.2. The van der Waals surface area contributed by atoms with Gasteiger partial charge in [-0.05, 0) is 62.5 Å². The van der Waals surface area contributed by atoms with Crippen LogP contribution in [0.4, 0.5) is 18.9 Å². The van der Waals surface area contributed by atoms with E-state index in [0.717, 1.165) is 33.5 Å². The molecule has 5 heterocycles. The van der Waals surface area contributed by atoms with E-state index in [1.54, 1.807) is 11.1 Å². The molecule has 0 aliphatic carbocycles. The number of carbonyl (C=O) groups excluding carboxylic acids is 1. The number of piperidine rings is 1. The molecule has 178 valence electrons. The van der Waals surface area contributed by atoms with Crippen LogP contribution in [0.15, 0.2) is 36.9 Å². The third-order valence-electron chi connectivity index (χ3n) is 6.65. The van der Waals surface area contributed by atoms with E-state index in [1.165, 1.54) is 12.4 Å².